The summed E-state index contributed by atoms with van der Waals surface area (Å²) in [5.74, 6) is 0.464. The molecule has 0 aliphatic carbocycles. The molecule has 1 amide bonds. The lowest BCUT2D eigenvalue weighted by Gasteiger charge is -2.13. The number of para-hydroxylation sites is 2. The predicted octanol–water partition coefficient (Wildman–Crippen LogP) is 5.62. The number of anilines is 2. The lowest BCUT2D eigenvalue weighted by molar-refractivity contribution is -0.114. The van der Waals surface area contributed by atoms with Crippen LogP contribution in [0, 0.1) is 0 Å². The van der Waals surface area contributed by atoms with Gasteiger partial charge in [-0.2, -0.15) is 0 Å². The van der Waals surface area contributed by atoms with Crippen molar-refractivity contribution in [3.63, 3.8) is 0 Å². The van der Waals surface area contributed by atoms with Gasteiger partial charge in [-0.3, -0.25) is 4.79 Å². The lowest BCUT2D eigenvalue weighted by atomic mass is 10.2. The van der Waals surface area contributed by atoms with E-state index < -0.39 is 0 Å². The Labute approximate surface area is 168 Å². The van der Waals surface area contributed by atoms with Gasteiger partial charge in [-0.1, -0.05) is 65.7 Å². The molecule has 0 aromatic heterocycles. The van der Waals surface area contributed by atoms with Crippen molar-refractivity contribution in [3.8, 4) is 5.75 Å². The highest BCUT2D eigenvalue weighted by Gasteiger charge is 2.07. The largest absolute Gasteiger partial charge is 0.487 e. The first-order valence-electron chi connectivity index (χ1n) is 8.36. The second-order valence-electron chi connectivity index (χ2n) is 5.83. The number of hydrogen-bond acceptors (Lipinski definition) is 3. The summed E-state index contributed by atoms with van der Waals surface area (Å²) in [6, 6.07) is 22.3. The van der Waals surface area contributed by atoms with E-state index in [4.69, 9.17) is 27.9 Å². The molecule has 6 heteroatoms. The number of rotatable bonds is 7. The minimum atomic E-state index is -0.216. The van der Waals surface area contributed by atoms with Crippen molar-refractivity contribution in [2.45, 2.75) is 6.61 Å². The van der Waals surface area contributed by atoms with Crippen molar-refractivity contribution in [1.29, 1.82) is 0 Å². The van der Waals surface area contributed by atoms with Crippen molar-refractivity contribution in [3.05, 3.63) is 88.4 Å². The first-order chi connectivity index (χ1) is 13.1. The number of benzene rings is 3. The zero-order chi connectivity index (χ0) is 19.1. The number of ether oxygens (including phenoxy) is 1. The molecule has 0 atom stereocenters. The fourth-order valence-electron chi connectivity index (χ4n) is 2.48. The molecule has 0 heterocycles. The van der Waals surface area contributed by atoms with Crippen LogP contribution in [0.1, 0.15) is 5.56 Å². The van der Waals surface area contributed by atoms with Gasteiger partial charge in [0.2, 0.25) is 5.91 Å². The Morgan fingerprint density at radius 1 is 0.889 bits per heavy atom. The zero-order valence-corrected chi connectivity index (χ0v) is 15.9. The lowest BCUT2D eigenvalue weighted by Crippen LogP contribution is -2.22. The minimum Gasteiger partial charge on any atom is -0.487 e. The normalized spacial score (nSPS) is 10.3. The predicted molar refractivity (Wildman–Crippen MR) is 111 cm³/mol. The van der Waals surface area contributed by atoms with E-state index in [2.05, 4.69) is 10.6 Å². The van der Waals surface area contributed by atoms with Gasteiger partial charge in [-0.05, 0) is 35.9 Å². The Kier molecular flexibility index (Phi) is 6.58. The molecule has 2 N–H and O–H groups in total. The van der Waals surface area contributed by atoms with Crippen LogP contribution in [0.2, 0.25) is 10.0 Å². The number of nitrogens with one attached hydrogen (secondary N) is 2. The summed E-state index contributed by atoms with van der Waals surface area (Å²) in [6.07, 6.45) is 0. The molecule has 0 unspecified atom stereocenters. The highest BCUT2D eigenvalue weighted by atomic mass is 35.5. The highest BCUT2D eigenvalue weighted by Crippen LogP contribution is 2.25. The number of hydrogen-bond donors (Lipinski definition) is 2. The van der Waals surface area contributed by atoms with E-state index >= 15 is 0 Å². The molecule has 0 radical (unpaired) electrons. The van der Waals surface area contributed by atoms with Crippen LogP contribution in [0.4, 0.5) is 11.4 Å². The van der Waals surface area contributed by atoms with E-state index in [9.17, 15) is 4.79 Å². The van der Waals surface area contributed by atoms with Crippen LogP contribution in [0.15, 0.2) is 72.8 Å². The van der Waals surface area contributed by atoms with Gasteiger partial charge in [0.15, 0.2) is 0 Å². The Morgan fingerprint density at radius 3 is 2.30 bits per heavy atom. The van der Waals surface area contributed by atoms with Crippen LogP contribution in [0.3, 0.4) is 0 Å². The molecule has 138 valence electrons. The molecule has 0 fully saturated rings. The van der Waals surface area contributed by atoms with Gasteiger partial charge >= 0.3 is 0 Å². The monoisotopic (exact) mass is 400 g/mol. The molecule has 0 bridgehead atoms. The molecular weight excluding hydrogens is 383 g/mol. The topological polar surface area (TPSA) is 50.4 Å². The Morgan fingerprint density at radius 2 is 1.56 bits per heavy atom. The molecular formula is C21H18Cl2N2O2. The molecule has 27 heavy (non-hydrogen) atoms. The molecule has 4 nitrogen and oxygen atoms in total. The second kappa shape index (κ2) is 9.31. The average Bonchev–Trinajstić information content (AvgIpc) is 2.65. The quantitative estimate of drug-likeness (QED) is 0.540. The Balaban J connectivity index is 1.58. The van der Waals surface area contributed by atoms with Crippen molar-refractivity contribution in [1.82, 2.24) is 0 Å². The molecule has 0 saturated heterocycles. The summed E-state index contributed by atoms with van der Waals surface area (Å²) in [7, 11) is 0. The van der Waals surface area contributed by atoms with E-state index in [0.717, 1.165) is 11.3 Å². The summed E-state index contributed by atoms with van der Waals surface area (Å²) in [5.41, 5.74) is 2.36. The van der Waals surface area contributed by atoms with E-state index in [0.29, 0.717) is 28.1 Å². The van der Waals surface area contributed by atoms with Crippen molar-refractivity contribution < 1.29 is 9.53 Å². The van der Waals surface area contributed by atoms with Crippen molar-refractivity contribution in [2.75, 3.05) is 17.2 Å². The van der Waals surface area contributed by atoms with Crippen molar-refractivity contribution >= 4 is 40.5 Å². The van der Waals surface area contributed by atoms with Crippen molar-refractivity contribution in [2.24, 2.45) is 0 Å². The smallest absolute Gasteiger partial charge is 0.243 e. The summed E-state index contributed by atoms with van der Waals surface area (Å²) >= 11 is 11.9. The van der Waals surface area contributed by atoms with Crippen LogP contribution in [-0.2, 0) is 11.4 Å². The van der Waals surface area contributed by atoms with Gasteiger partial charge in [-0.25, -0.2) is 0 Å². The number of carbonyl (C=O) groups is 1. The van der Waals surface area contributed by atoms with Gasteiger partial charge in [0.25, 0.3) is 0 Å². The SMILES string of the molecule is O=C(CNc1ccccc1OCc1ccccc1)Nc1cc(Cl)cc(Cl)c1. The third-order valence-corrected chi connectivity index (χ3v) is 4.15. The minimum absolute atomic E-state index is 0.0792. The maximum atomic E-state index is 12.2. The fraction of sp³-hybridized carbons (Fsp3) is 0.0952. The molecule has 0 aliphatic heterocycles. The molecule has 0 spiro atoms. The molecule has 3 rings (SSSR count). The Bertz CT molecular complexity index is 897. The first-order valence-corrected chi connectivity index (χ1v) is 9.11. The van der Waals surface area contributed by atoms with E-state index in [1.165, 1.54) is 0 Å². The third kappa shape index (κ3) is 5.91. The molecule has 3 aromatic rings. The van der Waals surface area contributed by atoms with Gasteiger partial charge in [0, 0.05) is 15.7 Å². The average molecular weight is 401 g/mol. The molecule has 3 aromatic carbocycles. The summed E-state index contributed by atoms with van der Waals surface area (Å²) in [5, 5.41) is 6.78. The van der Waals surface area contributed by atoms with Crippen LogP contribution in [0.5, 0.6) is 5.75 Å². The van der Waals surface area contributed by atoms with Crippen LogP contribution in [0.25, 0.3) is 0 Å². The zero-order valence-electron chi connectivity index (χ0n) is 14.4. The summed E-state index contributed by atoms with van der Waals surface area (Å²) < 4.78 is 5.88. The summed E-state index contributed by atoms with van der Waals surface area (Å²) in [6.45, 7) is 0.530. The van der Waals surface area contributed by atoms with Crippen LogP contribution >= 0.6 is 23.2 Å². The molecule has 0 saturated carbocycles. The van der Waals surface area contributed by atoms with E-state index in [1.807, 2.05) is 54.6 Å². The van der Waals surface area contributed by atoms with Gasteiger partial charge in [0.05, 0.1) is 12.2 Å². The standard InChI is InChI=1S/C21H18Cl2N2O2/c22-16-10-17(23)12-18(11-16)25-21(26)13-24-19-8-4-5-9-20(19)27-14-15-6-2-1-3-7-15/h1-12,24H,13-14H2,(H,25,26). The summed E-state index contributed by atoms with van der Waals surface area (Å²) in [4.78, 5) is 12.2. The maximum Gasteiger partial charge on any atom is 0.243 e. The van der Waals surface area contributed by atoms with Crippen LogP contribution in [-0.4, -0.2) is 12.5 Å². The molecule has 0 aliphatic rings. The van der Waals surface area contributed by atoms with E-state index in [-0.39, 0.29) is 12.5 Å². The maximum absolute atomic E-state index is 12.2. The fourth-order valence-corrected chi connectivity index (χ4v) is 3.01. The number of amides is 1. The van der Waals surface area contributed by atoms with Gasteiger partial charge < -0.3 is 15.4 Å². The Hall–Kier alpha value is -2.69. The number of carbonyl (C=O) groups excluding carboxylic acids is 1. The highest BCUT2D eigenvalue weighted by molar-refractivity contribution is 6.35. The second-order valence-corrected chi connectivity index (χ2v) is 6.70. The van der Waals surface area contributed by atoms with Gasteiger partial charge in [-0.15, -0.1) is 0 Å². The van der Waals surface area contributed by atoms with Crippen LogP contribution < -0.4 is 15.4 Å². The van der Waals surface area contributed by atoms with E-state index in [1.54, 1.807) is 18.2 Å². The van der Waals surface area contributed by atoms with Gasteiger partial charge in [0.1, 0.15) is 12.4 Å². The number of halogens is 2. The third-order valence-electron chi connectivity index (χ3n) is 3.71. The first kappa shape index (κ1) is 19.1.